The van der Waals surface area contributed by atoms with Gasteiger partial charge in [0.1, 0.15) is 25.5 Å². The van der Waals surface area contributed by atoms with E-state index in [1.165, 1.54) is 0 Å². The molecule has 0 aromatic rings. The van der Waals surface area contributed by atoms with Crippen LogP contribution in [0.3, 0.4) is 0 Å². The second kappa shape index (κ2) is 36.2. The SMILES string of the molecule is CC/C=C\C/C=C\C/C=C\C/C=C\C/C=C\CCCCCC(=O)OC[C@H](COP(=O)([O-])OCC[N+](C)(C)C)OC(=O)CCCCC(=O)C[C@@H]1[C@@H](/C=C/[C@@H](O)CCCCC)[C@H](O)C[C@@H]1O. The molecule has 1 rings (SSSR count). The molecule has 0 radical (unpaired) electrons. The molecule has 0 spiro atoms. The molecule has 0 amide bonds. The molecule has 64 heavy (non-hydrogen) atoms. The highest BCUT2D eigenvalue weighted by Crippen LogP contribution is 2.39. The van der Waals surface area contributed by atoms with Crippen LogP contribution in [0, 0.1) is 11.8 Å². The Balaban J connectivity index is 2.52. The lowest BCUT2D eigenvalue weighted by Crippen LogP contribution is -2.37. The summed E-state index contributed by atoms with van der Waals surface area (Å²) in [7, 11) is 0.905. The van der Waals surface area contributed by atoms with E-state index in [2.05, 4.69) is 74.6 Å². The van der Waals surface area contributed by atoms with Crippen molar-refractivity contribution in [3.63, 3.8) is 0 Å². The number of rotatable bonds is 38. The normalized spacial score (nSPS) is 20.4. The van der Waals surface area contributed by atoms with E-state index in [0.717, 1.165) is 70.6 Å². The van der Waals surface area contributed by atoms with Crippen molar-refractivity contribution >= 4 is 25.5 Å². The number of allylic oxidation sites excluding steroid dienone is 10. The highest BCUT2D eigenvalue weighted by atomic mass is 31.2. The quantitative estimate of drug-likeness (QED) is 0.0176. The first kappa shape index (κ1) is 59.0. The summed E-state index contributed by atoms with van der Waals surface area (Å²) in [6, 6.07) is 0. The number of nitrogens with zero attached hydrogens (tertiary/aromatic N) is 1. The topological polar surface area (TPSA) is 189 Å². The van der Waals surface area contributed by atoms with Gasteiger partial charge in [0, 0.05) is 43.9 Å². The third-order valence-corrected chi connectivity index (χ3v) is 11.7. The Bertz CT molecular complexity index is 1500. The van der Waals surface area contributed by atoms with E-state index in [1.54, 1.807) is 12.2 Å². The first-order chi connectivity index (χ1) is 30.6. The van der Waals surface area contributed by atoms with Crippen LogP contribution >= 0.6 is 7.82 Å². The minimum Gasteiger partial charge on any atom is -0.756 e. The van der Waals surface area contributed by atoms with Crippen molar-refractivity contribution in [3.05, 3.63) is 72.9 Å². The van der Waals surface area contributed by atoms with Gasteiger partial charge in [0.25, 0.3) is 7.82 Å². The Kier molecular flexibility index (Phi) is 33.3. The Labute approximate surface area is 385 Å². The van der Waals surface area contributed by atoms with Gasteiger partial charge in [-0.05, 0) is 70.6 Å². The maximum atomic E-state index is 12.9. The summed E-state index contributed by atoms with van der Waals surface area (Å²) in [4.78, 5) is 50.8. The molecule has 366 valence electrons. The van der Waals surface area contributed by atoms with Gasteiger partial charge in [-0.3, -0.25) is 18.9 Å². The van der Waals surface area contributed by atoms with Gasteiger partial charge in [-0.1, -0.05) is 112 Å². The maximum Gasteiger partial charge on any atom is 0.306 e. The van der Waals surface area contributed by atoms with Crippen LogP contribution in [0.4, 0.5) is 0 Å². The number of likely N-dealkylation sites (N-methyl/N-ethyl adjacent to an activating group) is 1. The summed E-state index contributed by atoms with van der Waals surface area (Å²) in [6.07, 6.45) is 34.2. The van der Waals surface area contributed by atoms with Crippen LogP contribution < -0.4 is 4.89 Å². The van der Waals surface area contributed by atoms with Crippen LogP contribution in [0.25, 0.3) is 0 Å². The minimum atomic E-state index is -4.75. The molecule has 13 nitrogen and oxygen atoms in total. The first-order valence-corrected chi connectivity index (χ1v) is 25.3. The molecule has 0 heterocycles. The van der Waals surface area contributed by atoms with Gasteiger partial charge in [0.15, 0.2) is 6.10 Å². The molecule has 1 fully saturated rings. The molecule has 7 atom stereocenters. The fraction of sp³-hybridized carbons (Fsp3) is 0.700. The Hall–Kier alpha value is -3.00. The van der Waals surface area contributed by atoms with E-state index >= 15 is 0 Å². The molecule has 0 aromatic carbocycles. The van der Waals surface area contributed by atoms with Gasteiger partial charge in [-0.2, -0.15) is 0 Å². The number of ether oxygens (including phenoxy) is 2. The predicted molar refractivity (Wildman–Crippen MR) is 252 cm³/mol. The standard InChI is InChI=1S/C50H84NO12P/c1-6-8-10-11-12-13-14-15-16-17-18-19-20-21-22-23-24-25-27-32-49(56)60-40-44(41-62-64(58,59)61-37-36-51(3,4)5)63-50(57)33-29-28-31-43(53)38-46-45(47(54)39-48(46)55)35-34-42(52)30-26-9-7-2/h8,10,12-13,15-16,18-19,21-22,34-35,42,44-48,52,54-55H,6-7,9,11,14,17,20,23-33,36-41H2,1-5H3/b10-8-,13-12-,16-15-,19-18-,22-21-,35-34+/t42-,44+,45+,46+,47+,48-/m0/s1. The number of unbranched alkanes of at least 4 members (excludes halogenated alkanes) is 6. The lowest BCUT2D eigenvalue weighted by molar-refractivity contribution is -0.870. The lowest BCUT2D eigenvalue weighted by Gasteiger charge is -2.28. The van der Waals surface area contributed by atoms with Gasteiger partial charge >= 0.3 is 11.9 Å². The molecule has 0 aromatic heterocycles. The molecular formula is C50H84NO12P. The monoisotopic (exact) mass is 922 g/mol. The average Bonchev–Trinajstić information content (AvgIpc) is 3.50. The van der Waals surface area contributed by atoms with Gasteiger partial charge < -0.3 is 43.2 Å². The van der Waals surface area contributed by atoms with Crippen LogP contribution in [0.1, 0.15) is 142 Å². The fourth-order valence-electron chi connectivity index (χ4n) is 6.91. The number of aliphatic hydroxyl groups is 3. The molecule has 0 saturated heterocycles. The Morgan fingerprint density at radius 1 is 0.734 bits per heavy atom. The number of hydrogen-bond donors (Lipinski definition) is 3. The molecule has 0 aliphatic heterocycles. The van der Waals surface area contributed by atoms with Crippen molar-refractivity contribution in [1.29, 1.82) is 0 Å². The first-order valence-electron chi connectivity index (χ1n) is 23.8. The van der Waals surface area contributed by atoms with Crippen LogP contribution in [-0.4, -0.2) is 109 Å². The van der Waals surface area contributed by atoms with Crippen molar-refractivity contribution in [3.8, 4) is 0 Å². The summed E-state index contributed by atoms with van der Waals surface area (Å²) >= 11 is 0. The Morgan fingerprint density at radius 2 is 1.33 bits per heavy atom. The number of quaternary nitrogens is 1. The van der Waals surface area contributed by atoms with Crippen molar-refractivity contribution in [2.75, 3.05) is 47.5 Å². The number of ketones is 1. The van der Waals surface area contributed by atoms with Gasteiger partial charge in [-0.15, -0.1) is 0 Å². The van der Waals surface area contributed by atoms with Crippen LogP contribution in [0.15, 0.2) is 72.9 Å². The van der Waals surface area contributed by atoms with Crippen LogP contribution in [0.5, 0.6) is 0 Å². The van der Waals surface area contributed by atoms with E-state index < -0.39 is 69.2 Å². The fourth-order valence-corrected chi connectivity index (χ4v) is 7.64. The summed E-state index contributed by atoms with van der Waals surface area (Å²) in [5.74, 6) is -2.21. The second-order valence-corrected chi connectivity index (χ2v) is 19.1. The van der Waals surface area contributed by atoms with Crippen LogP contribution in [0.2, 0.25) is 0 Å². The highest BCUT2D eigenvalue weighted by molar-refractivity contribution is 7.45. The van der Waals surface area contributed by atoms with E-state index in [1.807, 2.05) is 21.1 Å². The lowest BCUT2D eigenvalue weighted by atomic mass is 9.87. The predicted octanol–water partition coefficient (Wildman–Crippen LogP) is 8.73. The van der Waals surface area contributed by atoms with Crippen molar-refractivity contribution in [2.45, 2.75) is 167 Å². The molecule has 14 heteroatoms. The Morgan fingerprint density at radius 3 is 1.95 bits per heavy atom. The molecule has 3 N–H and O–H groups in total. The van der Waals surface area contributed by atoms with Gasteiger partial charge in [0.05, 0.1) is 46.1 Å². The number of Topliss-reactive ketones (excluding diaryl/α,β-unsaturated/α-hetero) is 1. The van der Waals surface area contributed by atoms with Crippen molar-refractivity contribution in [1.82, 2.24) is 0 Å². The van der Waals surface area contributed by atoms with E-state index in [9.17, 15) is 39.2 Å². The van der Waals surface area contributed by atoms with Crippen molar-refractivity contribution in [2.24, 2.45) is 11.8 Å². The zero-order valence-corrected chi connectivity index (χ0v) is 40.7. The summed E-state index contributed by atoms with van der Waals surface area (Å²) in [5, 5.41) is 31.4. The number of phosphoric ester groups is 1. The summed E-state index contributed by atoms with van der Waals surface area (Å²) < 4.78 is 33.8. The number of carbonyl (C=O) groups is 3. The zero-order valence-electron chi connectivity index (χ0n) is 39.8. The van der Waals surface area contributed by atoms with Crippen molar-refractivity contribution < 1.29 is 62.2 Å². The molecule has 1 saturated carbocycles. The highest BCUT2D eigenvalue weighted by Gasteiger charge is 2.41. The maximum absolute atomic E-state index is 12.9. The van der Waals surface area contributed by atoms with Crippen LogP contribution in [-0.2, 0) is 37.5 Å². The number of phosphoric acid groups is 1. The largest absolute Gasteiger partial charge is 0.756 e. The molecule has 1 unspecified atom stereocenters. The number of aliphatic hydroxyl groups excluding tert-OH is 3. The third kappa shape index (κ3) is 32.6. The average molecular weight is 922 g/mol. The molecule has 0 bridgehead atoms. The van der Waals surface area contributed by atoms with Gasteiger partial charge in [0.2, 0.25) is 0 Å². The summed E-state index contributed by atoms with van der Waals surface area (Å²) in [6.45, 7) is 3.51. The third-order valence-electron chi connectivity index (χ3n) is 10.7. The molecule has 1 aliphatic rings. The minimum absolute atomic E-state index is 0.0603. The second-order valence-electron chi connectivity index (χ2n) is 17.7. The molecule has 1 aliphatic carbocycles. The molecular weight excluding hydrogens is 838 g/mol. The van der Waals surface area contributed by atoms with E-state index in [0.29, 0.717) is 36.7 Å². The van der Waals surface area contributed by atoms with Gasteiger partial charge in [-0.25, -0.2) is 0 Å². The summed E-state index contributed by atoms with van der Waals surface area (Å²) in [5.41, 5.74) is 0. The number of hydrogen-bond acceptors (Lipinski definition) is 12. The zero-order chi connectivity index (χ0) is 47.5. The smallest absolute Gasteiger partial charge is 0.306 e. The van der Waals surface area contributed by atoms with E-state index in [4.69, 9.17) is 18.5 Å². The van der Waals surface area contributed by atoms with E-state index in [-0.39, 0.29) is 44.5 Å². The number of esters is 2. The number of carbonyl (C=O) groups excluding carboxylic acids is 3.